The van der Waals surface area contributed by atoms with Crippen molar-refractivity contribution >= 4 is 11.9 Å². The first-order chi connectivity index (χ1) is 6.63. The van der Waals surface area contributed by atoms with E-state index >= 15 is 0 Å². The van der Waals surface area contributed by atoms with Crippen LogP contribution in [0.15, 0.2) is 12.2 Å². The van der Waals surface area contributed by atoms with Crippen LogP contribution in [0.2, 0.25) is 0 Å². The summed E-state index contributed by atoms with van der Waals surface area (Å²) >= 11 is 0. The van der Waals surface area contributed by atoms with E-state index in [-0.39, 0.29) is 11.9 Å². The summed E-state index contributed by atoms with van der Waals surface area (Å²) in [5.74, 6) is -0.531. The second kappa shape index (κ2) is 8.29. The summed E-state index contributed by atoms with van der Waals surface area (Å²) < 4.78 is 9.42. The van der Waals surface area contributed by atoms with E-state index in [1.54, 1.807) is 0 Å². The minimum Gasteiger partial charge on any atom is -0.466 e. The van der Waals surface area contributed by atoms with Crippen LogP contribution in [0.3, 0.4) is 0 Å². The zero-order valence-electron chi connectivity index (χ0n) is 8.62. The highest BCUT2D eigenvalue weighted by Gasteiger charge is 1.90. The lowest BCUT2D eigenvalue weighted by atomic mass is 10.3. The summed E-state index contributed by atoms with van der Waals surface area (Å²) in [4.78, 5) is 20.7. The van der Waals surface area contributed by atoms with Gasteiger partial charge in [0.15, 0.2) is 0 Å². The second-order valence-electron chi connectivity index (χ2n) is 2.73. The van der Waals surface area contributed by atoms with Gasteiger partial charge in [-0.05, 0) is 12.8 Å². The van der Waals surface area contributed by atoms with Gasteiger partial charge in [-0.25, -0.2) is 0 Å². The van der Waals surface area contributed by atoms with Crippen molar-refractivity contribution < 1.29 is 19.1 Å². The predicted molar refractivity (Wildman–Crippen MR) is 51.6 cm³/mol. The zero-order valence-corrected chi connectivity index (χ0v) is 8.62. The van der Waals surface area contributed by atoms with E-state index in [4.69, 9.17) is 9.47 Å². The van der Waals surface area contributed by atoms with Gasteiger partial charge in [0.05, 0.1) is 13.2 Å². The van der Waals surface area contributed by atoms with Gasteiger partial charge in [0.2, 0.25) is 0 Å². The van der Waals surface area contributed by atoms with Gasteiger partial charge in [0.25, 0.3) is 0 Å². The van der Waals surface area contributed by atoms with Crippen LogP contribution in [-0.4, -0.2) is 25.2 Å². The standard InChI is InChI=1S/C10H16O4/c1-9(11)13-7-5-3-4-6-8-14-10(2)12/h3-4H,5-8H2,1-2H3/b4-3-. The molecule has 0 saturated heterocycles. The quantitative estimate of drug-likeness (QED) is 0.370. The van der Waals surface area contributed by atoms with Crippen LogP contribution < -0.4 is 0 Å². The van der Waals surface area contributed by atoms with Crippen LogP contribution in [0.5, 0.6) is 0 Å². The van der Waals surface area contributed by atoms with Crippen molar-refractivity contribution in [3.63, 3.8) is 0 Å². The molecule has 0 rings (SSSR count). The Bertz CT molecular complexity index is 186. The Morgan fingerprint density at radius 1 is 0.929 bits per heavy atom. The summed E-state index contributed by atoms with van der Waals surface area (Å²) in [5.41, 5.74) is 0. The fourth-order valence-electron chi connectivity index (χ4n) is 0.777. The molecule has 0 radical (unpaired) electrons. The van der Waals surface area contributed by atoms with E-state index < -0.39 is 0 Å². The topological polar surface area (TPSA) is 52.6 Å². The highest BCUT2D eigenvalue weighted by atomic mass is 16.5. The molecule has 0 aromatic rings. The molecule has 0 heterocycles. The average Bonchev–Trinajstić information content (AvgIpc) is 2.08. The van der Waals surface area contributed by atoms with Crippen LogP contribution in [0.1, 0.15) is 26.7 Å². The van der Waals surface area contributed by atoms with Crippen molar-refractivity contribution in [1.29, 1.82) is 0 Å². The van der Waals surface area contributed by atoms with Crippen LogP contribution in [0, 0.1) is 0 Å². The summed E-state index contributed by atoms with van der Waals surface area (Å²) in [5, 5.41) is 0. The summed E-state index contributed by atoms with van der Waals surface area (Å²) in [6, 6.07) is 0. The molecule has 0 aliphatic heterocycles. The van der Waals surface area contributed by atoms with Crippen molar-refractivity contribution in [2.24, 2.45) is 0 Å². The van der Waals surface area contributed by atoms with Crippen LogP contribution in [0.25, 0.3) is 0 Å². The molecule has 14 heavy (non-hydrogen) atoms. The summed E-state index contributed by atoms with van der Waals surface area (Å²) in [7, 11) is 0. The van der Waals surface area contributed by atoms with Gasteiger partial charge in [-0.3, -0.25) is 9.59 Å². The summed E-state index contributed by atoms with van der Waals surface area (Å²) in [6.07, 6.45) is 5.18. The molecule has 4 nitrogen and oxygen atoms in total. The van der Waals surface area contributed by atoms with Gasteiger partial charge in [-0.2, -0.15) is 0 Å². The van der Waals surface area contributed by atoms with E-state index in [0.29, 0.717) is 26.1 Å². The third-order valence-corrected chi connectivity index (χ3v) is 1.35. The molecule has 0 atom stereocenters. The lowest BCUT2D eigenvalue weighted by Crippen LogP contribution is -2.00. The van der Waals surface area contributed by atoms with Gasteiger partial charge < -0.3 is 9.47 Å². The molecular formula is C10H16O4. The van der Waals surface area contributed by atoms with Gasteiger partial charge in [0.1, 0.15) is 0 Å². The zero-order chi connectivity index (χ0) is 10.8. The normalized spacial score (nSPS) is 10.1. The Labute approximate surface area is 83.9 Å². The smallest absolute Gasteiger partial charge is 0.302 e. The first-order valence-electron chi connectivity index (χ1n) is 4.54. The monoisotopic (exact) mass is 200 g/mol. The number of hydrogen-bond donors (Lipinski definition) is 0. The molecule has 0 spiro atoms. The van der Waals surface area contributed by atoms with Crippen LogP contribution >= 0.6 is 0 Å². The lowest BCUT2D eigenvalue weighted by Gasteiger charge is -1.98. The number of rotatable bonds is 6. The molecule has 0 aromatic heterocycles. The first-order valence-corrected chi connectivity index (χ1v) is 4.54. The molecule has 0 aliphatic rings. The van der Waals surface area contributed by atoms with Crippen molar-refractivity contribution in [3.8, 4) is 0 Å². The fraction of sp³-hybridized carbons (Fsp3) is 0.600. The van der Waals surface area contributed by atoms with Gasteiger partial charge >= 0.3 is 11.9 Å². The number of carbonyl (C=O) groups excluding carboxylic acids is 2. The van der Waals surface area contributed by atoms with Gasteiger partial charge in [-0.1, -0.05) is 12.2 Å². The number of esters is 2. The number of hydrogen-bond acceptors (Lipinski definition) is 4. The molecular weight excluding hydrogens is 184 g/mol. The Hall–Kier alpha value is -1.32. The molecule has 0 aliphatic carbocycles. The molecule has 0 unspecified atom stereocenters. The van der Waals surface area contributed by atoms with Crippen LogP contribution in [-0.2, 0) is 19.1 Å². The lowest BCUT2D eigenvalue weighted by molar-refractivity contribution is -0.141. The third-order valence-electron chi connectivity index (χ3n) is 1.35. The largest absolute Gasteiger partial charge is 0.466 e. The first kappa shape index (κ1) is 12.7. The molecule has 80 valence electrons. The Kier molecular flexibility index (Phi) is 7.50. The van der Waals surface area contributed by atoms with E-state index in [9.17, 15) is 9.59 Å². The van der Waals surface area contributed by atoms with Crippen molar-refractivity contribution in [2.75, 3.05) is 13.2 Å². The van der Waals surface area contributed by atoms with Crippen molar-refractivity contribution in [3.05, 3.63) is 12.2 Å². The van der Waals surface area contributed by atoms with Crippen molar-refractivity contribution in [2.45, 2.75) is 26.7 Å². The number of carbonyl (C=O) groups is 2. The third kappa shape index (κ3) is 10.7. The van der Waals surface area contributed by atoms with Crippen LogP contribution in [0.4, 0.5) is 0 Å². The predicted octanol–water partition coefficient (Wildman–Crippen LogP) is 1.45. The maximum atomic E-state index is 10.4. The van der Waals surface area contributed by atoms with Crippen molar-refractivity contribution in [1.82, 2.24) is 0 Å². The average molecular weight is 200 g/mol. The van der Waals surface area contributed by atoms with Gasteiger partial charge in [-0.15, -0.1) is 0 Å². The van der Waals surface area contributed by atoms with E-state index in [0.717, 1.165) is 0 Å². The second-order valence-corrected chi connectivity index (χ2v) is 2.73. The molecule has 0 saturated carbocycles. The minimum atomic E-state index is -0.265. The Morgan fingerprint density at radius 2 is 1.29 bits per heavy atom. The van der Waals surface area contributed by atoms with E-state index in [1.807, 2.05) is 12.2 Å². The minimum absolute atomic E-state index is 0.265. The Balaban J connectivity index is 3.19. The Morgan fingerprint density at radius 3 is 1.57 bits per heavy atom. The SMILES string of the molecule is CC(=O)OCC/C=C\CCOC(C)=O. The molecule has 4 heteroatoms. The van der Waals surface area contributed by atoms with E-state index in [2.05, 4.69) is 0 Å². The molecule has 0 N–H and O–H groups in total. The van der Waals surface area contributed by atoms with Gasteiger partial charge in [0, 0.05) is 13.8 Å². The molecule has 0 aromatic carbocycles. The highest BCUT2D eigenvalue weighted by molar-refractivity contribution is 5.66. The highest BCUT2D eigenvalue weighted by Crippen LogP contribution is 1.90. The summed E-state index contributed by atoms with van der Waals surface area (Å²) in [6.45, 7) is 3.56. The maximum absolute atomic E-state index is 10.4. The van der Waals surface area contributed by atoms with E-state index in [1.165, 1.54) is 13.8 Å². The maximum Gasteiger partial charge on any atom is 0.302 e. The molecule has 0 amide bonds. The fourth-order valence-corrected chi connectivity index (χ4v) is 0.777. The molecule has 0 fully saturated rings. The number of ether oxygens (including phenoxy) is 2. The molecule has 0 bridgehead atoms.